The summed E-state index contributed by atoms with van der Waals surface area (Å²) < 4.78 is 33.4. The van der Waals surface area contributed by atoms with Gasteiger partial charge in [-0.2, -0.15) is 0 Å². The topological polar surface area (TPSA) is 230 Å². The first kappa shape index (κ1) is 58.5. The normalized spacial score (nSPS) is 23.1. The largest absolute Gasteiger partial charge is 0.472 e. The Kier molecular flexibility index (Phi) is 34.4. The summed E-state index contributed by atoms with van der Waals surface area (Å²) in [4.78, 5) is 35.7. The van der Waals surface area contributed by atoms with E-state index in [4.69, 9.17) is 18.5 Å². The summed E-state index contributed by atoms with van der Waals surface area (Å²) in [6.07, 6.45) is 34.8. The highest BCUT2D eigenvalue weighted by Gasteiger charge is 2.51. The number of esters is 2. The van der Waals surface area contributed by atoms with Gasteiger partial charge in [0.15, 0.2) is 6.10 Å². The summed E-state index contributed by atoms with van der Waals surface area (Å²) in [5, 5.41) is 59.9. The van der Waals surface area contributed by atoms with Crippen LogP contribution >= 0.6 is 7.82 Å². The van der Waals surface area contributed by atoms with Crippen molar-refractivity contribution in [3.8, 4) is 0 Å². The van der Waals surface area contributed by atoms with Crippen LogP contribution in [0.5, 0.6) is 0 Å². The fourth-order valence-corrected chi connectivity index (χ4v) is 7.01. The van der Waals surface area contributed by atoms with E-state index in [-0.39, 0.29) is 12.8 Å². The second kappa shape index (κ2) is 37.7. The van der Waals surface area contributed by atoms with E-state index >= 15 is 0 Å². The number of hydrogen-bond acceptors (Lipinski definition) is 13. The minimum atomic E-state index is -5.16. The molecule has 0 aromatic heterocycles. The maximum Gasteiger partial charge on any atom is 0.472 e. The quantitative estimate of drug-likeness (QED) is 0.0106. The number of unbranched alkanes of at least 4 members (excludes halogenated alkanes) is 5. The number of carbonyl (C=O) groups excluding carboxylic acids is 2. The zero-order valence-electron chi connectivity index (χ0n) is 37.9. The molecule has 362 valence electrons. The third-order valence-electron chi connectivity index (χ3n) is 9.68. The minimum absolute atomic E-state index is 0.0407. The molecule has 1 fully saturated rings. The molecule has 0 spiro atoms. The molecule has 0 amide bonds. The standard InChI is InChI=1S/C49H77O14P/c1-3-5-7-8-9-10-11-12-13-14-15-16-21-24-27-30-33-37-43(52)62-41(39-61-64(58,59)63-49-47(56)45(54)44(53)46(55)48(49)57)38-60-42(51)36-32-29-26-23-20-18-17-19-22-25-28-31-35-40(50)34-6-4-2/h5-7,9-10,12-13,15-18,22-23,25-26,28,31,34,40-41,44-50,53-57H,3-4,8,11,14,19-21,24,27,29-30,32-33,35-39H2,1-2H3,(H,58,59)/b7-5-,10-9-,13-12-,16-15-,18-17-,25-22-,26-23-,31-28+,34-6-/t40?,41-,44?,45-,46+,47-,48-,49?/m1/s1. The van der Waals surface area contributed by atoms with E-state index in [0.29, 0.717) is 25.7 Å². The van der Waals surface area contributed by atoms with Crippen LogP contribution in [-0.4, -0.2) is 110 Å². The van der Waals surface area contributed by atoms with Gasteiger partial charge in [-0.15, -0.1) is 0 Å². The highest BCUT2D eigenvalue weighted by atomic mass is 31.2. The Bertz CT molecular complexity index is 1550. The minimum Gasteiger partial charge on any atom is -0.462 e. The van der Waals surface area contributed by atoms with Crippen molar-refractivity contribution in [1.82, 2.24) is 0 Å². The molecule has 7 N–H and O–H groups in total. The second-order valence-electron chi connectivity index (χ2n) is 15.3. The van der Waals surface area contributed by atoms with Crippen molar-refractivity contribution in [1.29, 1.82) is 0 Å². The van der Waals surface area contributed by atoms with Crippen LogP contribution in [0.25, 0.3) is 0 Å². The molecule has 1 rings (SSSR count). The molecular weight excluding hydrogens is 843 g/mol. The van der Waals surface area contributed by atoms with Gasteiger partial charge in [-0.1, -0.05) is 136 Å². The monoisotopic (exact) mass is 921 g/mol. The van der Waals surface area contributed by atoms with Crippen LogP contribution in [0.15, 0.2) is 109 Å². The van der Waals surface area contributed by atoms with Crippen LogP contribution < -0.4 is 0 Å². The number of carbonyl (C=O) groups is 2. The number of rotatable bonds is 35. The molecule has 9 atom stereocenters. The summed E-state index contributed by atoms with van der Waals surface area (Å²) in [5.74, 6) is -1.23. The number of hydrogen-bond donors (Lipinski definition) is 7. The molecule has 0 heterocycles. The van der Waals surface area contributed by atoms with E-state index in [1.807, 2.05) is 61.6 Å². The van der Waals surface area contributed by atoms with Gasteiger partial charge in [-0.25, -0.2) is 4.57 Å². The second-order valence-corrected chi connectivity index (χ2v) is 16.7. The van der Waals surface area contributed by atoms with E-state index in [0.717, 1.165) is 70.6 Å². The smallest absolute Gasteiger partial charge is 0.462 e. The Morgan fingerprint density at radius 1 is 0.562 bits per heavy atom. The van der Waals surface area contributed by atoms with E-state index in [1.54, 1.807) is 6.08 Å². The maximum absolute atomic E-state index is 12.8. The van der Waals surface area contributed by atoms with Crippen LogP contribution in [0.4, 0.5) is 0 Å². The highest BCUT2D eigenvalue weighted by molar-refractivity contribution is 7.47. The predicted molar refractivity (Wildman–Crippen MR) is 250 cm³/mol. The Balaban J connectivity index is 2.55. The Morgan fingerprint density at radius 3 is 1.64 bits per heavy atom. The highest BCUT2D eigenvalue weighted by Crippen LogP contribution is 2.47. The molecule has 1 aliphatic rings. The maximum atomic E-state index is 12.8. The molecule has 0 aromatic rings. The lowest BCUT2D eigenvalue weighted by molar-refractivity contribution is -0.220. The lowest BCUT2D eigenvalue weighted by Crippen LogP contribution is -2.64. The number of allylic oxidation sites excluding steroid dienone is 16. The SMILES string of the molecule is CC/C=C\C/C=C\C/C=C\C/C=C\CCCCCCC(=O)O[C@H](COC(=O)CCC/C=C\C/C=C\C/C=C\C=C\CC(O)/C=C\CC)COP(=O)(O)OC1[C@H](O)[C@H](O)C(O)[C@H](O)[C@H]1O. The number of aliphatic hydroxyl groups excluding tert-OH is 6. The summed E-state index contributed by atoms with van der Waals surface area (Å²) in [6.45, 7) is 2.86. The summed E-state index contributed by atoms with van der Waals surface area (Å²) in [7, 11) is -5.16. The van der Waals surface area contributed by atoms with Crippen molar-refractivity contribution in [3.63, 3.8) is 0 Å². The lowest BCUT2D eigenvalue weighted by atomic mass is 9.85. The molecule has 0 bridgehead atoms. The molecule has 64 heavy (non-hydrogen) atoms. The Labute approximate surface area is 381 Å². The van der Waals surface area contributed by atoms with Crippen molar-refractivity contribution in [3.05, 3.63) is 109 Å². The third-order valence-corrected chi connectivity index (χ3v) is 10.7. The summed E-state index contributed by atoms with van der Waals surface area (Å²) in [5.41, 5.74) is 0. The molecule has 1 aliphatic carbocycles. The van der Waals surface area contributed by atoms with Gasteiger partial charge in [0.2, 0.25) is 0 Å². The van der Waals surface area contributed by atoms with Gasteiger partial charge >= 0.3 is 19.8 Å². The summed E-state index contributed by atoms with van der Waals surface area (Å²) in [6, 6.07) is 0. The van der Waals surface area contributed by atoms with Crippen molar-refractivity contribution >= 4 is 19.8 Å². The van der Waals surface area contributed by atoms with Crippen LogP contribution in [0, 0.1) is 0 Å². The predicted octanol–water partition coefficient (Wildman–Crippen LogP) is 7.80. The molecule has 14 nitrogen and oxygen atoms in total. The number of phosphoric acid groups is 1. The molecular formula is C49H77O14P. The Hall–Kier alpha value is -3.53. The van der Waals surface area contributed by atoms with Crippen LogP contribution in [0.1, 0.15) is 123 Å². The molecule has 4 unspecified atom stereocenters. The van der Waals surface area contributed by atoms with Crippen LogP contribution in [-0.2, 0) is 32.7 Å². The van der Waals surface area contributed by atoms with Gasteiger partial charge in [0, 0.05) is 12.8 Å². The average molecular weight is 921 g/mol. The van der Waals surface area contributed by atoms with Gasteiger partial charge < -0.3 is 45.0 Å². The zero-order chi connectivity index (χ0) is 47.3. The first-order chi connectivity index (χ1) is 30.8. The molecule has 0 saturated heterocycles. The van der Waals surface area contributed by atoms with E-state index in [1.165, 1.54) is 0 Å². The summed E-state index contributed by atoms with van der Waals surface area (Å²) >= 11 is 0. The van der Waals surface area contributed by atoms with E-state index in [2.05, 4.69) is 55.5 Å². The molecule has 0 aromatic carbocycles. The molecule has 15 heteroatoms. The van der Waals surface area contributed by atoms with Gasteiger partial charge in [0.1, 0.15) is 43.2 Å². The van der Waals surface area contributed by atoms with Crippen LogP contribution in [0.2, 0.25) is 0 Å². The molecule has 1 saturated carbocycles. The third kappa shape index (κ3) is 29.8. The first-order valence-electron chi connectivity index (χ1n) is 22.8. The van der Waals surface area contributed by atoms with E-state index in [9.17, 15) is 49.7 Å². The lowest BCUT2D eigenvalue weighted by Gasteiger charge is -2.41. The number of ether oxygens (including phenoxy) is 2. The first-order valence-corrected chi connectivity index (χ1v) is 24.3. The average Bonchev–Trinajstić information content (AvgIpc) is 3.27. The van der Waals surface area contributed by atoms with Crippen LogP contribution in [0.3, 0.4) is 0 Å². The zero-order valence-corrected chi connectivity index (χ0v) is 38.8. The molecule has 0 aliphatic heterocycles. The van der Waals surface area contributed by atoms with Gasteiger partial charge in [0.05, 0.1) is 12.7 Å². The van der Waals surface area contributed by atoms with Crippen molar-refractivity contribution in [2.45, 2.75) is 172 Å². The molecule has 0 radical (unpaired) electrons. The fourth-order valence-electron chi connectivity index (χ4n) is 6.04. The number of aliphatic hydroxyl groups is 6. The van der Waals surface area contributed by atoms with Gasteiger partial charge in [-0.05, 0) is 83.5 Å². The van der Waals surface area contributed by atoms with Gasteiger partial charge in [0.25, 0.3) is 0 Å². The van der Waals surface area contributed by atoms with Crippen molar-refractivity contribution < 1.29 is 68.2 Å². The van der Waals surface area contributed by atoms with E-state index < -0.39 is 81.8 Å². The van der Waals surface area contributed by atoms with Gasteiger partial charge in [-0.3, -0.25) is 18.6 Å². The Morgan fingerprint density at radius 2 is 1.05 bits per heavy atom. The number of phosphoric ester groups is 1. The van der Waals surface area contributed by atoms with Crippen molar-refractivity contribution in [2.75, 3.05) is 13.2 Å². The van der Waals surface area contributed by atoms with Crippen molar-refractivity contribution in [2.24, 2.45) is 0 Å². The fraction of sp³-hybridized carbons (Fsp3) is 0.592.